The zero-order valence-corrected chi connectivity index (χ0v) is 7.40. The Labute approximate surface area is 58.0 Å². The van der Waals surface area contributed by atoms with Gasteiger partial charge in [-0.2, -0.15) is 11.8 Å². The van der Waals surface area contributed by atoms with Gasteiger partial charge in [-0.3, -0.25) is 0 Å². The van der Waals surface area contributed by atoms with Crippen LogP contribution in [-0.2, 0) is 0 Å². The lowest BCUT2D eigenvalue weighted by Gasteiger charge is -2.03. The summed E-state index contributed by atoms with van der Waals surface area (Å²) in [7, 11) is 2.91. The van der Waals surface area contributed by atoms with Crippen molar-refractivity contribution in [2.24, 2.45) is 0 Å². The second-order valence-electron chi connectivity index (χ2n) is 2.55. The molecule has 0 saturated carbocycles. The van der Waals surface area contributed by atoms with Gasteiger partial charge in [0.05, 0.1) is 0 Å². The second kappa shape index (κ2) is 2.58. The van der Waals surface area contributed by atoms with Crippen LogP contribution in [0.1, 0.15) is 20.3 Å². The van der Waals surface area contributed by atoms with Gasteiger partial charge >= 0.3 is 0 Å². The molecule has 0 spiro atoms. The summed E-state index contributed by atoms with van der Waals surface area (Å²) in [5.74, 6) is 0. The molecule has 4 atom stereocenters. The van der Waals surface area contributed by atoms with Gasteiger partial charge in [-0.15, -0.1) is 9.24 Å². The normalized spacial score (nSPS) is 47.6. The minimum Gasteiger partial charge on any atom is -0.155 e. The van der Waals surface area contributed by atoms with Crippen LogP contribution in [0.25, 0.3) is 0 Å². The van der Waals surface area contributed by atoms with Crippen molar-refractivity contribution in [3.63, 3.8) is 0 Å². The fraction of sp³-hybridized carbons (Fsp3) is 1.00. The molecule has 0 N–H and O–H groups in total. The first-order chi connectivity index (χ1) is 3.70. The summed E-state index contributed by atoms with van der Waals surface area (Å²) in [4.78, 5) is 0. The van der Waals surface area contributed by atoms with Crippen molar-refractivity contribution in [2.45, 2.75) is 36.4 Å². The van der Waals surface area contributed by atoms with Gasteiger partial charge in [0, 0.05) is 10.5 Å². The van der Waals surface area contributed by atoms with E-state index >= 15 is 0 Å². The van der Waals surface area contributed by atoms with Crippen molar-refractivity contribution in [3.05, 3.63) is 0 Å². The quantitative estimate of drug-likeness (QED) is 0.474. The summed E-state index contributed by atoms with van der Waals surface area (Å²) >= 11 is 2.11. The molecule has 4 unspecified atom stereocenters. The Morgan fingerprint density at radius 1 is 1.50 bits per heavy atom. The van der Waals surface area contributed by atoms with Crippen molar-refractivity contribution in [1.82, 2.24) is 0 Å². The van der Waals surface area contributed by atoms with Gasteiger partial charge in [0.1, 0.15) is 0 Å². The van der Waals surface area contributed by atoms with Crippen LogP contribution in [0.4, 0.5) is 0 Å². The van der Waals surface area contributed by atoms with Crippen LogP contribution in [0.2, 0.25) is 0 Å². The molecule has 48 valence electrons. The standard InChI is InChI=1S/C6H13PS/c1-4-3-6(7)5(2)8-4/h4-6H,3,7H2,1-2H3. The molecule has 1 aliphatic heterocycles. The predicted molar refractivity (Wildman–Crippen MR) is 44.6 cm³/mol. The Bertz CT molecular complexity index is 74.6. The molecule has 1 fully saturated rings. The Balaban J connectivity index is 2.39. The molecule has 0 nitrogen and oxygen atoms in total. The summed E-state index contributed by atoms with van der Waals surface area (Å²) in [6.45, 7) is 4.62. The van der Waals surface area contributed by atoms with E-state index in [0.29, 0.717) is 0 Å². The zero-order chi connectivity index (χ0) is 6.15. The minimum absolute atomic E-state index is 0.870. The smallest absolute Gasteiger partial charge is 0.00845 e. The Morgan fingerprint density at radius 3 is 2.25 bits per heavy atom. The highest BCUT2D eigenvalue weighted by Crippen LogP contribution is 2.37. The van der Waals surface area contributed by atoms with E-state index in [1.807, 2.05) is 0 Å². The molecule has 1 saturated heterocycles. The Morgan fingerprint density at radius 2 is 2.12 bits per heavy atom. The zero-order valence-electron chi connectivity index (χ0n) is 5.42. The summed E-state index contributed by atoms with van der Waals surface area (Å²) in [5.41, 5.74) is 0.870. The average molecular weight is 148 g/mol. The highest BCUT2D eigenvalue weighted by molar-refractivity contribution is 8.01. The van der Waals surface area contributed by atoms with Crippen molar-refractivity contribution >= 4 is 21.0 Å². The van der Waals surface area contributed by atoms with Gasteiger partial charge in [0.25, 0.3) is 0 Å². The molecule has 0 bridgehead atoms. The van der Waals surface area contributed by atoms with Crippen LogP contribution in [0.5, 0.6) is 0 Å². The van der Waals surface area contributed by atoms with Gasteiger partial charge in [-0.1, -0.05) is 13.8 Å². The molecular weight excluding hydrogens is 135 g/mol. The van der Waals surface area contributed by atoms with Crippen molar-refractivity contribution in [3.8, 4) is 0 Å². The fourth-order valence-electron chi connectivity index (χ4n) is 1.10. The third-order valence-electron chi connectivity index (χ3n) is 1.65. The molecular formula is C6H13PS. The minimum atomic E-state index is 0.870. The van der Waals surface area contributed by atoms with Crippen LogP contribution >= 0.6 is 21.0 Å². The lowest BCUT2D eigenvalue weighted by atomic mass is 10.2. The van der Waals surface area contributed by atoms with Gasteiger partial charge in [0.15, 0.2) is 0 Å². The van der Waals surface area contributed by atoms with Gasteiger partial charge in [-0.25, -0.2) is 0 Å². The molecule has 0 aromatic heterocycles. The predicted octanol–water partition coefficient (Wildman–Crippen LogP) is 2.14. The van der Waals surface area contributed by atoms with Gasteiger partial charge in [0.2, 0.25) is 0 Å². The van der Waals surface area contributed by atoms with Crippen LogP contribution < -0.4 is 0 Å². The molecule has 8 heavy (non-hydrogen) atoms. The van der Waals surface area contributed by atoms with Crippen molar-refractivity contribution in [1.29, 1.82) is 0 Å². The summed E-state index contributed by atoms with van der Waals surface area (Å²) in [6, 6.07) is 0. The van der Waals surface area contributed by atoms with E-state index < -0.39 is 0 Å². The van der Waals surface area contributed by atoms with Crippen LogP contribution in [0.3, 0.4) is 0 Å². The first-order valence-electron chi connectivity index (χ1n) is 3.11. The molecule has 1 aliphatic rings. The largest absolute Gasteiger partial charge is 0.155 e. The topological polar surface area (TPSA) is 0 Å². The van der Waals surface area contributed by atoms with E-state index in [0.717, 1.165) is 16.2 Å². The molecule has 0 aromatic rings. The molecule has 0 aliphatic carbocycles. The molecule has 0 radical (unpaired) electrons. The monoisotopic (exact) mass is 148 g/mol. The third kappa shape index (κ3) is 1.39. The lowest BCUT2D eigenvalue weighted by molar-refractivity contribution is 0.796. The maximum absolute atomic E-state index is 2.91. The van der Waals surface area contributed by atoms with E-state index in [-0.39, 0.29) is 0 Å². The molecule has 1 rings (SSSR count). The van der Waals surface area contributed by atoms with Gasteiger partial charge < -0.3 is 0 Å². The van der Waals surface area contributed by atoms with Crippen LogP contribution in [0.15, 0.2) is 0 Å². The Hall–Kier alpha value is 0.780. The molecule has 0 aromatic carbocycles. The number of hydrogen-bond donors (Lipinski definition) is 0. The van der Waals surface area contributed by atoms with E-state index in [9.17, 15) is 0 Å². The fourth-order valence-corrected chi connectivity index (χ4v) is 3.35. The average Bonchev–Trinajstić information content (AvgIpc) is 1.85. The molecule has 2 heteroatoms. The first-order valence-corrected chi connectivity index (χ1v) is 4.72. The second-order valence-corrected chi connectivity index (χ2v) is 5.23. The number of hydrogen-bond acceptors (Lipinski definition) is 1. The van der Waals surface area contributed by atoms with E-state index in [2.05, 4.69) is 34.8 Å². The van der Waals surface area contributed by atoms with E-state index in [1.54, 1.807) is 0 Å². The highest BCUT2D eigenvalue weighted by Gasteiger charge is 2.25. The SMILES string of the molecule is CC1CC(P)C(C)S1. The number of rotatable bonds is 0. The van der Waals surface area contributed by atoms with E-state index in [1.165, 1.54) is 6.42 Å². The Kier molecular flexibility index (Phi) is 2.22. The summed E-state index contributed by atoms with van der Waals surface area (Å²) < 4.78 is 0. The van der Waals surface area contributed by atoms with Crippen LogP contribution in [0, 0.1) is 0 Å². The van der Waals surface area contributed by atoms with Crippen molar-refractivity contribution < 1.29 is 0 Å². The maximum Gasteiger partial charge on any atom is 0.00845 e. The van der Waals surface area contributed by atoms with E-state index in [4.69, 9.17) is 0 Å². The molecule has 0 amide bonds. The third-order valence-corrected chi connectivity index (χ3v) is 4.22. The maximum atomic E-state index is 2.91. The summed E-state index contributed by atoms with van der Waals surface area (Å²) in [6.07, 6.45) is 1.39. The van der Waals surface area contributed by atoms with Crippen molar-refractivity contribution in [2.75, 3.05) is 0 Å². The highest BCUT2D eigenvalue weighted by atomic mass is 32.2. The number of thioether (sulfide) groups is 1. The van der Waals surface area contributed by atoms with Gasteiger partial charge in [-0.05, 0) is 12.1 Å². The molecule has 1 heterocycles. The lowest BCUT2D eigenvalue weighted by Crippen LogP contribution is -2.03. The van der Waals surface area contributed by atoms with Crippen LogP contribution in [-0.4, -0.2) is 16.2 Å². The first kappa shape index (κ1) is 6.89. The summed E-state index contributed by atoms with van der Waals surface area (Å²) in [5, 5.41) is 1.77.